The van der Waals surface area contributed by atoms with Crippen LogP contribution in [0.3, 0.4) is 0 Å². The van der Waals surface area contributed by atoms with Crippen molar-refractivity contribution in [1.29, 1.82) is 0 Å². The monoisotopic (exact) mass is 289 g/mol. The zero-order valence-electron chi connectivity index (χ0n) is 13.2. The molecule has 0 bridgehead atoms. The van der Waals surface area contributed by atoms with Crippen molar-refractivity contribution >= 4 is 17.4 Å². The first-order chi connectivity index (χ1) is 10.2. The number of nitrogens with zero attached hydrogens (tertiary/aromatic N) is 1. The van der Waals surface area contributed by atoms with Gasteiger partial charge in [-0.25, -0.2) is 4.79 Å². The molecule has 21 heavy (non-hydrogen) atoms. The van der Waals surface area contributed by atoms with Gasteiger partial charge in [0.1, 0.15) is 0 Å². The van der Waals surface area contributed by atoms with Crippen LogP contribution in [-0.4, -0.2) is 25.7 Å². The Hall–Kier alpha value is -1.71. The Morgan fingerprint density at radius 2 is 1.90 bits per heavy atom. The third-order valence-electron chi connectivity index (χ3n) is 4.09. The number of unbranched alkanes of at least 4 members (excludes halogenated alkanes) is 1. The predicted octanol–water partition coefficient (Wildman–Crippen LogP) is 3.84. The van der Waals surface area contributed by atoms with E-state index in [9.17, 15) is 4.79 Å². The zero-order valence-corrected chi connectivity index (χ0v) is 13.2. The van der Waals surface area contributed by atoms with Gasteiger partial charge in [0.2, 0.25) is 0 Å². The molecule has 4 heteroatoms. The Bertz CT molecular complexity index is 436. The summed E-state index contributed by atoms with van der Waals surface area (Å²) in [7, 11) is 0. The highest BCUT2D eigenvalue weighted by atomic mass is 16.2. The van der Waals surface area contributed by atoms with Crippen molar-refractivity contribution in [1.82, 2.24) is 5.32 Å². The number of anilines is 2. The summed E-state index contributed by atoms with van der Waals surface area (Å²) in [5.41, 5.74) is 2.09. The van der Waals surface area contributed by atoms with Crippen molar-refractivity contribution in [3.8, 4) is 0 Å². The fourth-order valence-electron chi connectivity index (χ4n) is 2.58. The zero-order chi connectivity index (χ0) is 15.1. The predicted molar refractivity (Wildman–Crippen MR) is 89.0 cm³/mol. The molecule has 2 rings (SSSR count). The van der Waals surface area contributed by atoms with Gasteiger partial charge in [-0.2, -0.15) is 0 Å². The molecule has 116 valence electrons. The van der Waals surface area contributed by atoms with E-state index in [1.165, 1.54) is 18.5 Å². The average molecular weight is 289 g/mol. The van der Waals surface area contributed by atoms with Crippen molar-refractivity contribution in [2.24, 2.45) is 5.92 Å². The summed E-state index contributed by atoms with van der Waals surface area (Å²) in [6.07, 6.45) is 4.63. The highest BCUT2D eigenvalue weighted by Gasteiger charge is 2.15. The maximum Gasteiger partial charge on any atom is 0.319 e. The van der Waals surface area contributed by atoms with Crippen LogP contribution in [0.2, 0.25) is 0 Å². The molecule has 0 radical (unpaired) electrons. The first-order valence-electron chi connectivity index (χ1n) is 8.09. The second-order valence-corrected chi connectivity index (χ2v) is 5.95. The van der Waals surface area contributed by atoms with Gasteiger partial charge in [-0.15, -0.1) is 0 Å². The van der Waals surface area contributed by atoms with Crippen LogP contribution in [0.5, 0.6) is 0 Å². The Morgan fingerprint density at radius 1 is 1.24 bits per heavy atom. The summed E-state index contributed by atoms with van der Waals surface area (Å²) in [6.45, 7) is 7.42. The standard InChI is InChI=1S/C17H27N3O/c1-3-4-11-18-17(21)19-15-5-7-16(8-6-15)20-12-9-14(2)10-13-20/h5-8,14H,3-4,9-13H2,1-2H3,(H2,18,19,21). The molecular formula is C17H27N3O. The molecule has 1 fully saturated rings. The minimum Gasteiger partial charge on any atom is -0.372 e. The van der Waals surface area contributed by atoms with Crippen molar-refractivity contribution in [3.05, 3.63) is 24.3 Å². The van der Waals surface area contributed by atoms with Gasteiger partial charge in [-0.3, -0.25) is 0 Å². The first-order valence-corrected chi connectivity index (χ1v) is 8.09. The fraction of sp³-hybridized carbons (Fsp3) is 0.588. The van der Waals surface area contributed by atoms with Gasteiger partial charge in [0.05, 0.1) is 0 Å². The molecule has 0 saturated carbocycles. The minimum absolute atomic E-state index is 0.122. The Kier molecular flexibility index (Phi) is 5.90. The molecule has 0 aliphatic carbocycles. The normalized spacial score (nSPS) is 15.8. The number of piperidine rings is 1. The molecule has 1 aromatic carbocycles. The molecule has 2 amide bonds. The van der Waals surface area contributed by atoms with Crippen LogP contribution in [0.1, 0.15) is 39.5 Å². The SMILES string of the molecule is CCCCNC(=O)Nc1ccc(N2CCC(C)CC2)cc1. The van der Waals surface area contributed by atoms with Crippen molar-refractivity contribution in [3.63, 3.8) is 0 Å². The topological polar surface area (TPSA) is 44.4 Å². The second kappa shape index (κ2) is 7.91. The maximum atomic E-state index is 11.7. The average Bonchev–Trinajstić information content (AvgIpc) is 2.49. The molecule has 1 aliphatic rings. The number of urea groups is 1. The lowest BCUT2D eigenvalue weighted by atomic mass is 9.99. The third kappa shape index (κ3) is 4.96. The van der Waals surface area contributed by atoms with E-state index >= 15 is 0 Å². The smallest absolute Gasteiger partial charge is 0.319 e. The van der Waals surface area contributed by atoms with E-state index in [4.69, 9.17) is 0 Å². The summed E-state index contributed by atoms with van der Waals surface area (Å²) >= 11 is 0. The molecular weight excluding hydrogens is 262 g/mol. The maximum absolute atomic E-state index is 11.7. The molecule has 1 saturated heterocycles. The number of nitrogens with one attached hydrogen (secondary N) is 2. The molecule has 1 heterocycles. The van der Waals surface area contributed by atoms with Crippen LogP contribution in [-0.2, 0) is 0 Å². The van der Waals surface area contributed by atoms with Gasteiger partial charge in [0, 0.05) is 31.0 Å². The van der Waals surface area contributed by atoms with Crippen LogP contribution in [0.25, 0.3) is 0 Å². The number of hydrogen-bond donors (Lipinski definition) is 2. The first kappa shape index (κ1) is 15.7. The highest BCUT2D eigenvalue weighted by molar-refractivity contribution is 5.89. The Morgan fingerprint density at radius 3 is 2.52 bits per heavy atom. The van der Waals surface area contributed by atoms with E-state index in [1.54, 1.807) is 0 Å². The largest absolute Gasteiger partial charge is 0.372 e. The van der Waals surface area contributed by atoms with Crippen LogP contribution < -0.4 is 15.5 Å². The number of carbonyl (C=O) groups is 1. The molecule has 0 aromatic heterocycles. The van der Waals surface area contributed by atoms with Crippen LogP contribution in [0.4, 0.5) is 16.2 Å². The second-order valence-electron chi connectivity index (χ2n) is 5.95. The van der Waals surface area contributed by atoms with Crippen LogP contribution in [0, 0.1) is 5.92 Å². The highest BCUT2D eigenvalue weighted by Crippen LogP contribution is 2.24. The van der Waals surface area contributed by atoms with E-state index in [0.29, 0.717) is 0 Å². The molecule has 1 aliphatic heterocycles. The molecule has 0 atom stereocenters. The Labute approximate surface area is 127 Å². The van der Waals surface area contributed by atoms with Gasteiger partial charge >= 0.3 is 6.03 Å². The lowest BCUT2D eigenvalue weighted by Crippen LogP contribution is -2.32. The Balaban J connectivity index is 1.83. The molecule has 0 spiro atoms. The summed E-state index contributed by atoms with van der Waals surface area (Å²) in [4.78, 5) is 14.1. The minimum atomic E-state index is -0.122. The lowest BCUT2D eigenvalue weighted by Gasteiger charge is -2.32. The van der Waals surface area contributed by atoms with E-state index in [-0.39, 0.29) is 6.03 Å². The molecule has 1 aromatic rings. The fourth-order valence-corrected chi connectivity index (χ4v) is 2.58. The van der Waals surface area contributed by atoms with Gasteiger partial charge in [0.25, 0.3) is 0 Å². The number of carbonyl (C=O) groups excluding carboxylic acids is 1. The van der Waals surface area contributed by atoms with Crippen molar-refractivity contribution < 1.29 is 4.79 Å². The summed E-state index contributed by atoms with van der Waals surface area (Å²) < 4.78 is 0. The number of benzene rings is 1. The molecule has 0 unspecified atom stereocenters. The van der Waals surface area contributed by atoms with Crippen molar-refractivity contribution in [2.45, 2.75) is 39.5 Å². The number of amides is 2. The van der Waals surface area contributed by atoms with E-state index in [0.717, 1.165) is 44.1 Å². The summed E-state index contributed by atoms with van der Waals surface area (Å²) in [5.74, 6) is 0.842. The van der Waals surface area contributed by atoms with Gasteiger partial charge in [-0.05, 0) is 49.4 Å². The van der Waals surface area contributed by atoms with Gasteiger partial charge in [0.15, 0.2) is 0 Å². The third-order valence-corrected chi connectivity index (χ3v) is 4.09. The van der Waals surface area contributed by atoms with E-state index in [2.05, 4.69) is 41.5 Å². The van der Waals surface area contributed by atoms with E-state index < -0.39 is 0 Å². The molecule has 4 nitrogen and oxygen atoms in total. The number of hydrogen-bond acceptors (Lipinski definition) is 2. The van der Waals surface area contributed by atoms with Crippen LogP contribution >= 0.6 is 0 Å². The summed E-state index contributed by atoms with van der Waals surface area (Å²) in [5, 5.41) is 5.72. The number of rotatable bonds is 5. The van der Waals surface area contributed by atoms with Gasteiger partial charge in [-0.1, -0.05) is 20.3 Å². The quantitative estimate of drug-likeness (QED) is 0.809. The van der Waals surface area contributed by atoms with E-state index in [1.807, 2.05) is 12.1 Å². The summed E-state index contributed by atoms with van der Waals surface area (Å²) in [6, 6.07) is 8.03. The van der Waals surface area contributed by atoms with Crippen molar-refractivity contribution in [2.75, 3.05) is 29.9 Å². The lowest BCUT2D eigenvalue weighted by molar-refractivity contribution is 0.252. The van der Waals surface area contributed by atoms with Crippen LogP contribution in [0.15, 0.2) is 24.3 Å². The van der Waals surface area contributed by atoms with Gasteiger partial charge < -0.3 is 15.5 Å². The molecule has 2 N–H and O–H groups in total.